The van der Waals surface area contributed by atoms with Crippen LogP contribution in [0.2, 0.25) is 0 Å². The Morgan fingerprint density at radius 1 is 1.42 bits per heavy atom. The Kier molecular flexibility index (Phi) is 5.46. The van der Waals surface area contributed by atoms with Crippen molar-refractivity contribution in [1.82, 2.24) is 5.32 Å². The van der Waals surface area contributed by atoms with Crippen molar-refractivity contribution in [1.29, 1.82) is 0 Å². The van der Waals surface area contributed by atoms with Crippen molar-refractivity contribution in [2.45, 2.75) is 39.2 Å². The number of nitrogens with one attached hydrogen (secondary N) is 1. The molecule has 2 rings (SSSR count). The molecule has 0 bridgehead atoms. The van der Waals surface area contributed by atoms with Crippen LogP contribution in [0.25, 0.3) is 0 Å². The summed E-state index contributed by atoms with van der Waals surface area (Å²) in [5.74, 6) is 0. The Bertz CT molecular complexity index is 456. The molecule has 3 heteroatoms. The van der Waals surface area contributed by atoms with E-state index in [0.717, 1.165) is 32.4 Å². The minimum Gasteiger partial charge on any atom is -0.501 e. The van der Waals surface area contributed by atoms with Gasteiger partial charge in [0.2, 0.25) is 0 Å². The number of hydrogen-bond acceptors (Lipinski definition) is 2. The van der Waals surface area contributed by atoms with E-state index in [1.54, 1.807) is 0 Å². The summed E-state index contributed by atoms with van der Waals surface area (Å²) in [6.45, 7) is 6.21. The molecule has 0 aliphatic carbocycles. The smallest absolute Gasteiger partial charge is 0.0876 e. The Labute approximate surface area is 124 Å². The highest BCUT2D eigenvalue weighted by atomic mass is 79.9. The number of halogens is 1. The van der Waals surface area contributed by atoms with Gasteiger partial charge in [-0.3, -0.25) is 0 Å². The van der Waals surface area contributed by atoms with Gasteiger partial charge in [-0.2, -0.15) is 0 Å². The van der Waals surface area contributed by atoms with Crippen molar-refractivity contribution in [3.63, 3.8) is 0 Å². The maximum atomic E-state index is 5.51. The summed E-state index contributed by atoms with van der Waals surface area (Å²) in [5, 5.41) is 3.64. The zero-order valence-electron chi connectivity index (χ0n) is 11.7. The average Bonchev–Trinajstić information content (AvgIpc) is 2.44. The van der Waals surface area contributed by atoms with Crippen molar-refractivity contribution in [3.05, 3.63) is 45.6 Å². The van der Waals surface area contributed by atoms with Crippen molar-refractivity contribution < 1.29 is 4.74 Å². The number of ether oxygens (including phenoxy) is 1. The predicted octanol–water partition coefficient (Wildman–Crippen LogP) is 4.49. The number of aryl methyl sites for hydroxylation is 1. The van der Waals surface area contributed by atoms with Gasteiger partial charge in [0.05, 0.1) is 18.9 Å². The van der Waals surface area contributed by atoms with Gasteiger partial charge in [-0.25, -0.2) is 0 Å². The molecular formula is C16H22BrNO. The zero-order valence-corrected chi connectivity index (χ0v) is 13.3. The van der Waals surface area contributed by atoms with E-state index < -0.39 is 0 Å². The summed E-state index contributed by atoms with van der Waals surface area (Å²) in [5.41, 5.74) is 3.96. The van der Waals surface area contributed by atoms with E-state index >= 15 is 0 Å². The quantitative estimate of drug-likeness (QED) is 0.861. The molecular weight excluding hydrogens is 302 g/mol. The summed E-state index contributed by atoms with van der Waals surface area (Å²) >= 11 is 3.57. The highest BCUT2D eigenvalue weighted by molar-refractivity contribution is 9.10. The highest BCUT2D eigenvalue weighted by Crippen LogP contribution is 2.30. The van der Waals surface area contributed by atoms with Crippen LogP contribution in [0.5, 0.6) is 0 Å². The summed E-state index contributed by atoms with van der Waals surface area (Å²) in [6, 6.07) is 6.87. The first kappa shape index (κ1) is 14.6. The third kappa shape index (κ3) is 3.83. The van der Waals surface area contributed by atoms with Crippen LogP contribution in [-0.4, -0.2) is 13.2 Å². The molecule has 104 valence electrons. The molecule has 2 nitrogen and oxygen atoms in total. The third-order valence-corrected chi connectivity index (χ3v) is 4.34. The highest BCUT2D eigenvalue weighted by Gasteiger charge is 2.18. The van der Waals surface area contributed by atoms with Crippen LogP contribution in [0.15, 0.2) is 34.5 Å². The maximum Gasteiger partial charge on any atom is 0.0876 e. The lowest BCUT2D eigenvalue weighted by molar-refractivity contribution is 0.219. The molecule has 0 radical (unpaired) electrons. The Hall–Kier alpha value is -0.800. The first-order valence-electron chi connectivity index (χ1n) is 7.02. The van der Waals surface area contributed by atoms with E-state index in [0.29, 0.717) is 0 Å². The predicted molar refractivity (Wildman–Crippen MR) is 83.2 cm³/mol. The molecule has 0 aromatic heterocycles. The fourth-order valence-corrected chi connectivity index (χ4v) is 2.64. The van der Waals surface area contributed by atoms with Crippen LogP contribution < -0.4 is 5.32 Å². The van der Waals surface area contributed by atoms with Crippen LogP contribution in [0.4, 0.5) is 0 Å². The van der Waals surface area contributed by atoms with Crippen molar-refractivity contribution in [2.75, 3.05) is 13.2 Å². The third-order valence-electron chi connectivity index (χ3n) is 3.45. The second kappa shape index (κ2) is 7.11. The van der Waals surface area contributed by atoms with Crippen molar-refractivity contribution in [3.8, 4) is 0 Å². The fraction of sp³-hybridized carbons (Fsp3) is 0.500. The van der Waals surface area contributed by atoms with Crippen LogP contribution in [-0.2, 0) is 4.74 Å². The molecule has 1 aromatic carbocycles. The molecule has 0 amide bonds. The van der Waals surface area contributed by atoms with E-state index in [2.05, 4.69) is 53.3 Å². The van der Waals surface area contributed by atoms with E-state index in [-0.39, 0.29) is 6.04 Å². The lowest BCUT2D eigenvalue weighted by Crippen LogP contribution is -2.25. The molecule has 1 aromatic rings. The van der Waals surface area contributed by atoms with Crippen molar-refractivity contribution >= 4 is 15.9 Å². The Morgan fingerprint density at radius 2 is 2.26 bits per heavy atom. The number of rotatable bonds is 5. The molecule has 1 atom stereocenters. The second-order valence-electron chi connectivity index (χ2n) is 5.06. The first-order chi connectivity index (χ1) is 9.22. The van der Waals surface area contributed by atoms with Crippen LogP contribution in [0.3, 0.4) is 0 Å². The van der Waals surface area contributed by atoms with E-state index in [9.17, 15) is 0 Å². The standard InChI is InChI=1S/C16H22BrNO/c1-3-8-18-16(14-5-4-9-19-11-14)13-6-7-15(17)12(2)10-13/h6-7,10-11,16,18H,3-5,8-9H2,1-2H3. The van der Waals surface area contributed by atoms with Crippen LogP contribution >= 0.6 is 15.9 Å². The maximum absolute atomic E-state index is 5.51. The Morgan fingerprint density at radius 3 is 2.89 bits per heavy atom. The zero-order chi connectivity index (χ0) is 13.7. The Balaban J connectivity index is 2.25. The van der Waals surface area contributed by atoms with Gasteiger partial charge in [0.15, 0.2) is 0 Å². The van der Waals surface area contributed by atoms with Crippen LogP contribution in [0, 0.1) is 6.92 Å². The lowest BCUT2D eigenvalue weighted by Gasteiger charge is -2.25. The summed E-state index contributed by atoms with van der Waals surface area (Å²) in [7, 11) is 0. The molecule has 0 fully saturated rings. The lowest BCUT2D eigenvalue weighted by atomic mass is 9.94. The van der Waals surface area contributed by atoms with Crippen molar-refractivity contribution in [2.24, 2.45) is 0 Å². The molecule has 1 aliphatic rings. The van der Waals surface area contributed by atoms with Gasteiger partial charge in [-0.05, 0) is 55.5 Å². The molecule has 19 heavy (non-hydrogen) atoms. The normalized spacial score (nSPS) is 16.7. The van der Waals surface area contributed by atoms with Gasteiger partial charge < -0.3 is 10.1 Å². The van der Waals surface area contributed by atoms with Gasteiger partial charge in [-0.15, -0.1) is 0 Å². The SMILES string of the molecule is CCCNC(C1=COCCC1)c1ccc(Br)c(C)c1. The summed E-state index contributed by atoms with van der Waals surface area (Å²) in [6.07, 6.45) is 5.33. The van der Waals surface area contributed by atoms with E-state index in [1.807, 2.05) is 6.26 Å². The molecule has 1 aliphatic heterocycles. The largest absolute Gasteiger partial charge is 0.501 e. The minimum atomic E-state index is 0.284. The van der Waals surface area contributed by atoms with Gasteiger partial charge in [0, 0.05) is 4.47 Å². The molecule has 0 spiro atoms. The van der Waals surface area contributed by atoms with E-state index in [1.165, 1.54) is 21.2 Å². The van der Waals surface area contributed by atoms with E-state index in [4.69, 9.17) is 4.74 Å². The molecule has 0 saturated carbocycles. The molecule has 1 heterocycles. The molecule has 0 saturated heterocycles. The summed E-state index contributed by atoms with van der Waals surface area (Å²) < 4.78 is 6.67. The number of benzene rings is 1. The second-order valence-corrected chi connectivity index (χ2v) is 5.92. The average molecular weight is 324 g/mol. The summed E-state index contributed by atoms with van der Waals surface area (Å²) in [4.78, 5) is 0. The monoisotopic (exact) mass is 323 g/mol. The minimum absolute atomic E-state index is 0.284. The topological polar surface area (TPSA) is 21.3 Å². The van der Waals surface area contributed by atoms with Crippen LogP contribution in [0.1, 0.15) is 43.4 Å². The molecule has 1 unspecified atom stereocenters. The first-order valence-corrected chi connectivity index (χ1v) is 7.81. The van der Waals surface area contributed by atoms with Gasteiger partial charge in [0.1, 0.15) is 0 Å². The van der Waals surface area contributed by atoms with Gasteiger partial charge in [0.25, 0.3) is 0 Å². The number of hydrogen-bond donors (Lipinski definition) is 1. The van der Waals surface area contributed by atoms with Gasteiger partial charge >= 0.3 is 0 Å². The molecule has 1 N–H and O–H groups in total. The van der Waals surface area contributed by atoms with Gasteiger partial charge in [-0.1, -0.05) is 35.0 Å². The fourth-order valence-electron chi connectivity index (χ4n) is 2.40.